The molecule has 1 saturated heterocycles. The lowest BCUT2D eigenvalue weighted by Crippen LogP contribution is -2.51. The second kappa shape index (κ2) is 9.51. The maximum Gasteiger partial charge on any atom is 0.252 e. The molecule has 2 aromatic heterocycles. The smallest absolute Gasteiger partial charge is 0.252 e. The zero-order chi connectivity index (χ0) is 22.8. The highest BCUT2D eigenvalue weighted by Gasteiger charge is 2.18. The molecule has 0 radical (unpaired) electrons. The van der Waals surface area contributed by atoms with Crippen molar-refractivity contribution in [2.45, 2.75) is 25.9 Å². The van der Waals surface area contributed by atoms with Gasteiger partial charge in [0.2, 0.25) is 0 Å². The van der Waals surface area contributed by atoms with Crippen LogP contribution in [0.2, 0.25) is 0 Å². The molecule has 168 valence electrons. The summed E-state index contributed by atoms with van der Waals surface area (Å²) in [5.41, 5.74) is 4.96. The Morgan fingerprint density at radius 1 is 1.00 bits per heavy atom. The first kappa shape index (κ1) is 21.9. The summed E-state index contributed by atoms with van der Waals surface area (Å²) in [4.78, 5) is 16.9. The van der Waals surface area contributed by atoms with Crippen molar-refractivity contribution in [2.75, 3.05) is 18.4 Å². The highest BCUT2D eigenvalue weighted by atomic mass is 32.1. The van der Waals surface area contributed by atoms with Gasteiger partial charge >= 0.3 is 0 Å². The number of anilines is 1. The Balaban J connectivity index is 1.31. The van der Waals surface area contributed by atoms with E-state index in [1.165, 1.54) is 20.2 Å². The summed E-state index contributed by atoms with van der Waals surface area (Å²) in [7, 11) is 0. The lowest BCUT2D eigenvalue weighted by atomic mass is 10.0. The molecule has 1 atom stereocenters. The van der Waals surface area contributed by atoms with Crippen molar-refractivity contribution < 1.29 is 4.79 Å². The molecule has 5 rings (SSSR count). The third-order valence-corrected chi connectivity index (χ3v) is 8.22. The SMILES string of the molecule is Cc1ccc(NC2CNC2)cc1C(=O)N[C@H](C)c1cccc(-c2ccc(-c3cccs3)s2)c1. The van der Waals surface area contributed by atoms with Crippen LogP contribution in [0.15, 0.2) is 72.1 Å². The standard InChI is InChI=1S/C27H27N3OS2/c1-17-8-9-21(30-22-15-28-16-22)14-23(17)27(31)29-18(2)19-5-3-6-20(13-19)24-10-11-26(33-24)25-7-4-12-32-25/h3-14,18,22,28,30H,15-16H2,1-2H3,(H,29,31)/t18-/m1/s1. The first-order valence-corrected chi connectivity index (χ1v) is 12.9. The van der Waals surface area contributed by atoms with E-state index in [0.29, 0.717) is 11.6 Å². The van der Waals surface area contributed by atoms with Gasteiger partial charge in [-0.25, -0.2) is 0 Å². The number of carbonyl (C=O) groups excluding carboxylic acids is 1. The van der Waals surface area contributed by atoms with Crippen molar-refractivity contribution in [3.05, 3.63) is 88.8 Å². The second-order valence-corrected chi connectivity index (χ2v) is 10.5. The van der Waals surface area contributed by atoms with Gasteiger partial charge in [0.25, 0.3) is 5.91 Å². The molecule has 1 aliphatic heterocycles. The number of amides is 1. The van der Waals surface area contributed by atoms with Crippen LogP contribution in [-0.4, -0.2) is 25.0 Å². The zero-order valence-corrected chi connectivity index (χ0v) is 20.4. The Bertz CT molecular complexity index is 1260. The molecule has 6 heteroatoms. The zero-order valence-electron chi connectivity index (χ0n) is 18.7. The number of nitrogens with one attached hydrogen (secondary N) is 3. The van der Waals surface area contributed by atoms with Crippen LogP contribution in [0.1, 0.15) is 34.5 Å². The van der Waals surface area contributed by atoms with Crippen molar-refractivity contribution in [1.82, 2.24) is 10.6 Å². The van der Waals surface area contributed by atoms with E-state index in [-0.39, 0.29) is 11.9 Å². The van der Waals surface area contributed by atoms with Crippen LogP contribution in [0.5, 0.6) is 0 Å². The molecule has 33 heavy (non-hydrogen) atoms. The largest absolute Gasteiger partial charge is 0.380 e. The van der Waals surface area contributed by atoms with Gasteiger partial charge in [0.15, 0.2) is 0 Å². The second-order valence-electron chi connectivity index (χ2n) is 8.49. The molecule has 1 aliphatic rings. The van der Waals surface area contributed by atoms with Crippen LogP contribution in [0.4, 0.5) is 5.69 Å². The Hall–Kier alpha value is -2.93. The van der Waals surface area contributed by atoms with Gasteiger partial charge in [-0.05, 0) is 72.3 Å². The van der Waals surface area contributed by atoms with E-state index in [9.17, 15) is 4.79 Å². The highest BCUT2D eigenvalue weighted by molar-refractivity contribution is 7.23. The van der Waals surface area contributed by atoms with Gasteiger partial charge in [0.1, 0.15) is 0 Å². The number of rotatable bonds is 7. The highest BCUT2D eigenvalue weighted by Crippen LogP contribution is 2.37. The molecule has 0 unspecified atom stereocenters. The predicted molar refractivity (Wildman–Crippen MR) is 140 cm³/mol. The van der Waals surface area contributed by atoms with E-state index < -0.39 is 0 Å². The number of aryl methyl sites for hydroxylation is 1. The first-order valence-electron chi connectivity index (χ1n) is 11.2. The monoisotopic (exact) mass is 473 g/mol. The summed E-state index contributed by atoms with van der Waals surface area (Å²) in [5, 5.41) is 12.0. The van der Waals surface area contributed by atoms with E-state index >= 15 is 0 Å². The summed E-state index contributed by atoms with van der Waals surface area (Å²) in [6.07, 6.45) is 0. The molecular weight excluding hydrogens is 446 g/mol. The summed E-state index contributed by atoms with van der Waals surface area (Å²) in [5.74, 6) is -0.0445. The molecule has 3 N–H and O–H groups in total. The average Bonchev–Trinajstić information content (AvgIpc) is 3.49. The van der Waals surface area contributed by atoms with Gasteiger partial charge < -0.3 is 16.0 Å². The minimum absolute atomic E-state index is 0.0445. The van der Waals surface area contributed by atoms with E-state index in [1.807, 2.05) is 32.0 Å². The number of thiophene rings is 2. The molecule has 4 aromatic rings. The molecule has 3 heterocycles. The van der Waals surface area contributed by atoms with E-state index in [1.54, 1.807) is 22.7 Å². The molecule has 4 nitrogen and oxygen atoms in total. The molecule has 0 aliphatic carbocycles. The minimum atomic E-state index is -0.0963. The van der Waals surface area contributed by atoms with Gasteiger partial charge in [-0.15, -0.1) is 22.7 Å². The fraction of sp³-hybridized carbons (Fsp3) is 0.222. The number of hydrogen-bond acceptors (Lipinski definition) is 5. The Labute approximate surface area is 202 Å². The molecule has 0 saturated carbocycles. The van der Waals surface area contributed by atoms with Crippen LogP contribution in [0, 0.1) is 6.92 Å². The van der Waals surface area contributed by atoms with Gasteiger partial charge in [0.05, 0.1) is 12.1 Å². The molecule has 0 bridgehead atoms. The topological polar surface area (TPSA) is 53.2 Å². The minimum Gasteiger partial charge on any atom is -0.380 e. The van der Waals surface area contributed by atoms with Crippen molar-refractivity contribution in [1.29, 1.82) is 0 Å². The maximum absolute atomic E-state index is 13.1. The van der Waals surface area contributed by atoms with Gasteiger partial charge in [0, 0.05) is 39.0 Å². The summed E-state index contributed by atoms with van der Waals surface area (Å²) < 4.78 is 0. The van der Waals surface area contributed by atoms with Crippen molar-refractivity contribution in [2.24, 2.45) is 0 Å². The fourth-order valence-corrected chi connectivity index (χ4v) is 5.78. The third-order valence-electron chi connectivity index (χ3n) is 6.02. The number of hydrogen-bond donors (Lipinski definition) is 3. The van der Waals surface area contributed by atoms with Gasteiger partial charge in [-0.2, -0.15) is 0 Å². The van der Waals surface area contributed by atoms with Crippen LogP contribution in [-0.2, 0) is 0 Å². The average molecular weight is 474 g/mol. The third kappa shape index (κ3) is 4.88. The lowest BCUT2D eigenvalue weighted by molar-refractivity contribution is 0.0939. The van der Waals surface area contributed by atoms with Crippen LogP contribution in [0.25, 0.3) is 20.2 Å². The van der Waals surface area contributed by atoms with E-state index in [0.717, 1.165) is 29.9 Å². The Morgan fingerprint density at radius 3 is 2.61 bits per heavy atom. The van der Waals surface area contributed by atoms with E-state index in [2.05, 4.69) is 69.9 Å². The molecule has 1 fully saturated rings. The fourth-order valence-electron chi connectivity index (χ4n) is 3.95. The summed E-state index contributed by atoms with van der Waals surface area (Å²) in [6, 6.07) is 23.4. The first-order chi connectivity index (χ1) is 16.1. The van der Waals surface area contributed by atoms with Crippen LogP contribution < -0.4 is 16.0 Å². The maximum atomic E-state index is 13.1. The Kier molecular flexibility index (Phi) is 6.31. The molecule has 2 aromatic carbocycles. The van der Waals surface area contributed by atoms with Crippen molar-refractivity contribution >= 4 is 34.3 Å². The van der Waals surface area contributed by atoms with Gasteiger partial charge in [-0.3, -0.25) is 4.79 Å². The number of benzene rings is 2. The molecule has 1 amide bonds. The summed E-state index contributed by atoms with van der Waals surface area (Å²) in [6.45, 7) is 5.94. The lowest BCUT2D eigenvalue weighted by Gasteiger charge is -2.29. The predicted octanol–water partition coefficient (Wildman–Crippen LogP) is 6.33. The molecule has 0 spiro atoms. The quantitative estimate of drug-likeness (QED) is 0.294. The van der Waals surface area contributed by atoms with Crippen molar-refractivity contribution in [3.8, 4) is 20.2 Å². The Morgan fingerprint density at radius 2 is 1.85 bits per heavy atom. The number of carbonyl (C=O) groups is 1. The van der Waals surface area contributed by atoms with Crippen molar-refractivity contribution in [3.63, 3.8) is 0 Å². The summed E-state index contributed by atoms with van der Waals surface area (Å²) >= 11 is 3.56. The molecular formula is C27H27N3OS2. The normalized spacial score (nSPS) is 14.5. The van der Waals surface area contributed by atoms with Crippen LogP contribution in [0.3, 0.4) is 0 Å². The van der Waals surface area contributed by atoms with E-state index in [4.69, 9.17) is 0 Å². The van der Waals surface area contributed by atoms with Gasteiger partial charge in [-0.1, -0.05) is 30.3 Å². The van der Waals surface area contributed by atoms with Crippen LogP contribution >= 0.6 is 22.7 Å².